The molecule has 4 rings (SSSR count). The molecule has 2 heterocycles. The maximum Gasteiger partial charge on any atom is 0.321 e. The van der Waals surface area contributed by atoms with Crippen LogP contribution in [0.5, 0.6) is 0 Å². The van der Waals surface area contributed by atoms with Crippen LogP contribution >= 0.6 is 11.6 Å². The van der Waals surface area contributed by atoms with E-state index in [0.29, 0.717) is 21.8 Å². The number of aromatic nitrogens is 3. The number of pyridine rings is 1. The standard InChI is InChI=1S/C21H18ClN5O4/c1-26(2)21(31)23-13-6-3-11(4-7-13)10-27-20(30)16-17(19(29)25-27)24-15-9-12(22)5-8-14(15)18(16)28/h3-9H,10H2,1-2H3,(H,23,31)(H,24,28)(H,25,29). The number of benzene rings is 2. The fourth-order valence-corrected chi connectivity index (χ4v) is 3.40. The van der Waals surface area contributed by atoms with E-state index in [-0.39, 0.29) is 28.9 Å². The Hall–Kier alpha value is -3.85. The number of aromatic amines is 2. The van der Waals surface area contributed by atoms with E-state index < -0.39 is 16.5 Å². The lowest BCUT2D eigenvalue weighted by atomic mass is 10.1. The Morgan fingerprint density at radius 3 is 2.48 bits per heavy atom. The fourth-order valence-electron chi connectivity index (χ4n) is 3.22. The number of hydrogen-bond acceptors (Lipinski definition) is 4. The van der Waals surface area contributed by atoms with E-state index in [9.17, 15) is 19.2 Å². The number of nitrogens with zero attached hydrogens (tertiary/aromatic N) is 2. The predicted octanol–water partition coefficient (Wildman–Crippen LogP) is 2.33. The molecule has 4 aromatic rings. The number of carbonyl (C=O) groups is 1. The van der Waals surface area contributed by atoms with Gasteiger partial charge in [0.2, 0.25) is 5.43 Å². The average molecular weight is 440 g/mol. The van der Waals surface area contributed by atoms with Gasteiger partial charge >= 0.3 is 6.03 Å². The van der Waals surface area contributed by atoms with Crippen molar-refractivity contribution in [2.24, 2.45) is 0 Å². The van der Waals surface area contributed by atoms with E-state index in [4.69, 9.17) is 11.6 Å². The molecule has 2 aromatic heterocycles. The second-order valence-electron chi connectivity index (χ2n) is 7.25. The highest BCUT2D eigenvalue weighted by Gasteiger charge is 2.15. The molecule has 158 valence electrons. The molecule has 0 aliphatic heterocycles. The summed E-state index contributed by atoms with van der Waals surface area (Å²) in [5.41, 5.74) is -0.175. The normalized spacial score (nSPS) is 11.1. The minimum Gasteiger partial charge on any atom is -0.350 e. The zero-order valence-electron chi connectivity index (χ0n) is 16.7. The first-order valence-corrected chi connectivity index (χ1v) is 9.68. The number of halogens is 1. The number of urea groups is 1. The molecule has 0 spiro atoms. The minimum absolute atomic E-state index is 0.0457. The maximum atomic E-state index is 13.0. The highest BCUT2D eigenvalue weighted by Crippen LogP contribution is 2.16. The molecule has 2 amide bonds. The zero-order valence-corrected chi connectivity index (χ0v) is 17.4. The molecule has 0 fully saturated rings. The molecule has 0 saturated heterocycles. The van der Waals surface area contributed by atoms with Gasteiger partial charge in [-0.1, -0.05) is 23.7 Å². The smallest absolute Gasteiger partial charge is 0.321 e. The predicted molar refractivity (Wildman–Crippen MR) is 120 cm³/mol. The Morgan fingerprint density at radius 2 is 1.81 bits per heavy atom. The van der Waals surface area contributed by atoms with E-state index in [0.717, 1.165) is 4.68 Å². The largest absolute Gasteiger partial charge is 0.350 e. The summed E-state index contributed by atoms with van der Waals surface area (Å²) in [6.45, 7) is 0.0457. The third kappa shape index (κ3) is 3.82. The van der Waals surface area contributed by atoms with Gasteiger partial charge in [0.1, 0.15) is 10.9 Å². The Morgan fingerprint density at radius 1 is 1.10 bits per heavy atom. The molecule has 0 radical (unpaired) electrons. The number of H-pyrrole nitrogens is 2. The molecule has 31 heavy (non-hydrogen) atoms. The highest BCUT2D eigenvalue weighted by molar-refractivity contribution is 6.31. The van der Waals surface area contributed by atoms with Crippen LogP contribution in [0.25, 0.3) is 21.8 Å². The van der Waals surface area contributed by atoms with Crippen molar-refractivity contribution in [2.75, 3.05) is 19.4 Å². The summed E-state index contributed by atoms with van der Waals surface area (Å²) in [6, 6.07) is 11.1. The summed E-state index contributed by atoms with van der Waals surface area (Å²) in [7, 11) is 3.26. The van der Waals surface area contributed by atoms with Gasteiger partial charge in [-0.2, -0.15) is 0 Å². The van der Waals surface area contributed by atoms with Crippen LogP contribution in [0.2, 0.25) is 5.02 Å². The van der Waals surface area contributed by atoms with Gasteiger partial charge in [-0.05, 0) is 35.9 Å². The van der Waals surface area contributed by atoms with Crippen molar-refractivity contribution in [2.45, 2.75) is 6.54 Å². The van der Waals surface area contributed by atoms with Gasteiger partial charge in [-0.15, -0.1) is 0 Å². The van der Waals surface area contributed by atoms with Crippen LogP contribution in [-0.4, -0.2) is 39.8 Å². The summed E-state index contributed by atoms with van der Waals surface area (Å²) >= 11 is 5.96. The third-order valence-electron chi connectivity index (χ3n) is 4.84. The summed E-state index contributed by atoms with van der Waals surface area (Å²) in [5.74, 6) is 0. The third-order valence-corrected chi connectivity index (χ3v) is 5.07. The van der Waals surface area contributed by atoms with E-state index in [2.05, 4.69) is 15.4 Å². The van der Waals surface area contributed by atoms with Crippen LogP contribution in [0.15, 0.2) is 56.8 Å². The van der Waals surface area contributed by atoms with Crippen molar-refractivity contribution in [3.8, 4) is 0 Å². The van der Waals surface area contributed by atoms with Crippen molar-refractivity contribution < 1.29 is 4.79 Å². The molecule has 10 heteroatoms. The van der Waals surface area contributed by atoms with Gasteiger partial charge < -0.3 is 15.2 Å². The summed E-state index contributed by atoms with van der Waals surface area (Å²) in [6.07, 6.45) is 0. The second kappa shape index (κ2) is 7.77. The zero-order chi connectivity index (χ0) is 22.3. The van der Waals surface area contributed by atoms with Crippen LogP contribution in [0, 0.1) is 0 Å². The van der Waals surface area contributed by atoms with Gasteiger partial charge in [0, 0.05) is 30.2 Å². The van der Waals surface area contributed by atoms with Crippen LogP contribution in [0.4, 0.5) is 10.5 Å². The maximum absolute atomic E-state index is 13.0. The van der Waals surface area contributed by atoms with Crippen LogP contribution in [0.3, 0.4) is 0 Å². The fraction of sp³-hybridized carbons (Fsp3) is 0.143. The number of rotatable bonds is 3. The van der Waals surface area contributed by atoms with Crippen LogP contribution in [0.1, 0.15) is 5.56 Å². The number of fused-ring (bicyclic) bond motifs is 2. The van der Waals surface area contributed by atoms with Crippen molar-refractivity contribution in [1.29, 1.82) is 0 Å². The lowest BCUT2D eigenvalue weighted by molar-refractivity contribution is 0.230. The summed E-state index contributed by atoms with van der Waals surface area (Å²) in [4.78, 5) is 54.5. The van der Waals surface area contributed by atoms with Gasteiger partial charge in [0.25, 0.3) is 11.1 Å². The second-order valence-corrected chi connectivity index (χ2v) is 7.68. The monoisotopic (exact) mass is 439 g/mol. The summed E-state index contributed by atoms with van der Waals surface area (Å²) < 4.78 is 1.09. The van der Waals surface area contributed by atoms with Gasteiger partial charge in [0.15, 0.2) is 0 Å². The first-order valence-electron chi connectivity index (χ1n) is 9.30. The number of nitrogens with one attached hydrogen (secondary N) is 3. The van der Waals surface area contributed by atoms with Crippen LogP contribution < -0.4 is 21.9 Å². The molecule has 2 aromatic carbocycles. The van der Waals surface area contributed by atoms with Crippen LogP contribution in [-0.2, 0) is 6.54 Å². The van der Waals surface area contributed by atoms with E-state index in [1.807, 2.05) is 0 Å². The quantitative estimate of drug-likeness (QED) is 0.424. The van der Waals surface area contributed by atoms with Gasteiger partial charge in [0.05, 0.1) is 12.1 Å². The molecule has 0 saturated carbocycles. The average Bonchev–Trinajstić information content (AvgIpc) is 2.72. The number of carbonyl (C=O) groups excluding carboxylic acids is 1. The number of hydrogen-bond donors (Lipinski definition) is 3. The lowest BCUT2D eigenvalue weighted by Gasteiger charge is -2.12. The molecule has 0 atom stereocenters. The Balaban J connectivity index is 1.75. The SMILES string of the molecule is CN(C)C(=O)Nc1ccc(Cn2[nH]c(=O)c3[nH]c4cc(Cl)ccc4c(=O)c3c2=O)cc1. The molecular weight excluding hydrogens is 422 g/mol. The minimum atomic E-state index is -0.613. The van der Waals surface area contributed by atoms with E-state index in [1.165, 1.54) is 17.0 Å². The summed E-state index contributed by atoms with van der Waals surface area (Å²) in [5, 5.41) is 5.67. The first-order chi connectivity index (χ1) is 14.7. The number of amides is 2. The van der Waals surface area contributed by atoms with Gasteiger partial charge in [-0.3, -0.25) is 19.5 Å². The van der Waals surface area contributed by atoms with Crippen molar-refractivity contribution in [3.05, 3.63) is 84.0 Å². The van der Waals surface area contributed by atoms with Crippen molar-refractivity contribution in [3.63, 3.8) is 0 Å². The molecule has 0 unspecified atom stereocenters. The Bertz CT molecular complexity index is 1500. The lowest BCUT2D eigenvalue weighted by Crippen LogP contribution is -2.34. The van der Waals surface area contributed by atoms with E-state index in [1.54, 1.807) is 44.4 Å². The van der Waals surface area contributed by atoms with Gasteiger partial charge in [-0.25, -0.2) is 9.48 Å². The number of anilines is 1. The topological polar surface area (TPSA) is 120 Å². The Kier molecular flexibility index (Phi) is 5.12. The van der Waals surface area contributed by atoms with E-state index >= 15 is 0 Å². The first kappa shape index (κ1) is 20.4. The molecule has 0 aliphatic rings. The molecule has 3 N–H and O–H groups in total. The highest BCUT2D eigenvalue weighted by atomic mass is 35.5. The van der Waals surface area contributed by atoms with Crippen molar-refractivity contribution >= 4 is 45.1 Å². The Labute approximate surface area is 179 Å². The molecule has 9 nitrogen and oxygen atoms in total. The molecule has 0 aliphatic carbocycles. The molecular formula is C21H18ClN5O4. The van der Waals surface area contributed by atoms with Crippen molar-refractivity contribution in [1.82, 2.24) is 19.7 Å². The molecule has 0 bridgehead atoms.